The third-order valence-electron chi connectivity index (χ3n) is 5.20. The largest absolute Gasteiger partial charge is 0.426 e. The fraction of sp³-hybridized carbons (Fsp3) is 0.0345. The second-order valence-electron chi connectivity index (χ2n) is 7.39. The minimum absolute atomic E-state index is 0.214. The second-order valence-corrected chi connectivity index (χ2v) is 7.39. The van der Waals surface area contributed by atoms with Crippen LogP contribution in [0.5, 0.6) is 5.75 Å². The van der Waals surface area contributed by atoms with Crippen LogP contribution < -0.4 is 4.74 Å². The average molecular weight is 433 g/mol. The number of nitriles is 1. The molecular weight excluding hydrogens is 413 g/mol. The molecule has 0 aliphatic heterocycles. The Morgan fingerprint density at radius 3 is 1.88 bits per heavy atom. The zero-order valence-corrected chi connectivity index (χ0v) is 17.7. The molecule has 0 heterocycles. The van der Waals surface area contributed by atoms with E-state index < -0.39 is 11.7 Å². The Morgan fingerprint density at radius 1 is 0.788 bits per heavy atom. The molecule has 0 saturated heterocycles. The van der Waals surface area contributed by atoms with Crippen molar-refractivity contribution in [1.82, 2.24) is 0 Å². The van der Waals surface area contributed by atoms with Crippen LogP contribution in [0.2, 0.25) is 0 Å². The standard InChI is InChI=1S/C29H20FNO2/c30-27-14-8-7-13-26(27)24(20-31)19-21-15-17-25(18-16-21)33-29(32)28(22-9-3-1-4-10-22)23-11-5-2-6-12-23/h1-19,28H/b24-19-. The van der Waals surface area contributed by atoms with E-state index >= 15 is 0 Å². The molecule has 0 aromatic heterocycles. The molecule has 0 bridgehead atoms. The van der Waals surface area contributed by atoms with E-state index in [-0.39, 0.29) is 17.1 Å². The molecule has 4 aromatic rings. The Bertz CT molecular complexity index is 1270. The molecule has 0 fully saturated rings. The molecule has 0 N–H and O–H groups in total. The highest BCUT2D eigenvalue weighted by atomic mass is 19.1. The molecule has 160 valence electrons. The summed E-state index contributed by atoms with van der Waals surface area (Å²) >= 11 is 0. The monoisotopic (exact) mass is 433 g/mol. The molecule has 0 aliphatic carbocycles. The third-order valence-corrected chi connectivity index (χ3v) is 5.20. The van der Waals surface area contributed by atoms with Crippen molar-refractivity contribution in [2.24, 2.45) is 0 Å². The molecule has 33 heavy (non-hydrogen) atoms. The lowest BCUT2D eigenvalue weighted by Crippen LogP contribution is -2.20. The van der Waals surface area contributed by atoms with Gasteiger partial charge in [-0.3, -0.25) is 4.79 Å². The summed E-state index contributed by atoms with van der Waals surface area (Å²) in [7, 11) is 0. The van der Waals surface area contributed by atoms with E-state index in [0.717, 1.165) is 11.1 Å². The molecule has 3 nitrogen and oxygen atoms in total. The Balaban J connectivity index is 1.56. The predicted octanol–water partition coefficient (Wildman–Crippen LogP) is 6.63. The molecule has 4 heteroatoms. The SMILES string of the molecule is N#C/C(=C/c1ccc(OC(=O)C(c2ccccc2)c2ccccc2)cc1)c1ccccc1F. The third kappa shape index (κ3) is 5.23. The predicted molar refractivity (Wildman–Crippen MR) is 127 cm³/mol. The summed E-state index contributed by atoms with van der Waals surface area (Å²) in [4.78, 5) is 13.1. The summed E-state index contributed by atoms with van der Waals surface area (Å²) in [6, 6.07) is 33.9. The highest BCUT2D eigenvalue weighted by Crippen LogP contribution is 2.28. The maximum absolute atomic E-state index is 14.0. The van der Waals surface area contributed by atoms with Crippen LogP contribution in [-0.2, 0) is 4.79 Å². The van der Waals surface area contributed by atoms with E-state index in [0.29, 0.717) is 11.3 Å². The number of esters is 1. The van der Waals surface area contributed by atoms with E-state index in [4.69, 9.17) is 4.74 Å². The van der Waals surface area contributed by atoms with Gasteiger partial charge in [0.05, 0.1) is 11.6 Å². The van der Waals surface area contributed by atoms with Gasteiger partial charge >= 0.3 is 5.97 Å². The number of nitrogens with zero attached hydrogens (tertiary/aromatic N) is 1. The number of rotatable bonds is 6. The van der Waals surface area contributed by atoms with E-state index in [1.807, 2.05) is 66.7 Å². The second kappa shape index (κ2) is 10.2. The minimum atomic E-state index is -0.557. The number of carbonyl (C=O) groups is 1. The summed E-state index contributed by atoms with van der Waals surface area (Å²) in [5, 5.41) is 9.46. The summed E-state index contributed by atoms with van der Waals surface area (Å²) in [5.74, 6) is -1.01. The summed E-state index contributed by atoms with van der Waals surface area (Å²) in [6.07, 6.45) is 1.60. The maximum Gasteiger partial charge on any atom is 0.323 e. The summed E-state index contributed by atoms with van der Waals surface area (Å²) in [5.41, 5.74) is 2.83. The van der Waals surface area contributed by atoms with Crippen molar-refractivity contribution >= 4 is 17.6 Å². The minimum Gasteiger partial charge on any atom is -0.426 e. The Kier molecular flexibility index (Phi) is 6.73. The van der Waals surface area contributed by atoms with Gasteiger partial charge in [-0.05, 0) is 41.0 Å². The number of hydrogen-bond acceptors (Lipinski definition) is 3. The van der Waals surface area contributed by atoms with Crippen molar-refractivity contribution in [2.75, 3.05) is 0 Å². The van der Waals surface area contributed by atoms with Gasteiger partial charge in [-0.1, -0.05) is 91.0 Å². The lowest BCUT2D eigenvalue weighted by molar-refractivity contribution is -0.135. The van der Waals surface area contributed by atoms with Crippen molar-refractivity contribution in [3.63, 3.8) is 0 Å². The first-order valence-electron chi connectivity index (χ1n) is 10.4. The van der Waals surface area contributed by atoms with Gasteiger partial charge in [-0.15, -0.1) is 0 Å². The van der Waals surface area contributed by atoms with Crippen molar-refractivity contribution in [2.45, 2.75) is 5.92 Å². The molecule has 0 aliphatic rings. The quantitative estimate of drug-likeness (QED) is 0.148. The van der Waals surface area contributed by atoms with Gasteiger partial charge in [0.2, 0.25) is 0 Å². The Hall–Kier alpha value is -4.49. The zero-order chi connectivity index (χ0) is 23.0. The average Bonchev–Trinajstić information content (AvgIpc) is 2.85. The van der Waals surface area contributed by atoms with Gasteiger partial charge in [0.15, 0.2) is 0 Å². The first kappa shape index (κ1) is 21.7. The van der Waals surface area contributed by atoms with E-state index in [1.54, 1.807) is 48.5 Å². The molecule has 0 spiro atoms. The van der Waals surface area contributed by atoms with Crippen LogP contribution in [0.3, 0.4) is 0 Å². The van der Waals surface area contributed by atoms with Crippen LogP contribution >= 0.6 is 0 Å². The molecule has 0 saturated carbocycles. The fourth-order valence-corrected chi connectivity index (χ4v) is 3.58. The number of allylic oxidation sites excluding steroid dienone is 1. The smallest absolute Gasteiger partial charge is 0.323 e. The fourth-order valence-electron chi connectivity index (χ4n) is 3.58. The van der Waals surface area contributed by atoms with E-state index in [1.165, 1.54) is 6.07 Å². The highest BCUT2D eigenvalue weighted by Gasteiger charge is 2.24. The molecule has 0 atom stereocenters. The first-order valence-corrected chi connectivity index (χ1v) is 10.4. The highest BCUT2D eigenvalue weighted by molar-refractivity contribution is 5.90. The van der Waals surface area contributed by atoms with Gasteiger partial charge in [0.25, 0.3) is 0 Å². The van der Waals surface area contributed by atoms with Gasteiger partial charge in [-0.2, -0.15) is 5.26 Å². The molecule has 0 radical (unpaired) electrons. The van der Waals surface area contributed by atoms with Crippen molar-refractivity contribution in [3.05, 3.63) is 137 Å². The Morgan fingerprint density at radius 2 is 1.33 bits per heavy atom. The molecule has 0 unspecified atom stereocenters. The number of halogens is 1. The Labute approximate surface area is 192 Å². The zero-order valence-electron chi connectivity index (χ0n) is 17.7. The van der Waals surface area contributed by atoms with Crippen LogP contribution in [0.4, 0.5) is 4.39 Å². The van der Waals surface area contributed by atoms with Gasteiger partial charge in [0, 0.05) is 5.56 Å². The van der Waals surface area contributed by atoms with Crippen LogP contribution in [0.1, 0.15) is 28.2 Å². The van der Waals surface area contributed by atoms with Crippen molar-refractivity contribution < 1.29 is 13.9 Å². The van der Waals surface area contributed by atoms with Crippen LogP contribution in [0.15, 0.2) is 109 Å². The van der Waals surface area contributed by atoms with E-state index in [9.17, 15) is 14.4 Å². The van der Waals surface area contributed by atoms with E-state index in [2.05, 4.69) is 0 Å². The van der Waals surface area contributed by atoms with Crippen molar-refractivity contribution in [3.8, 4) is 11.8 Å². The van der Waals surface area contributed by atoms with Gasteiger partial charge in [0.1, 0.15) is 17.5 Å². The molecular formula is C29H20FNO2. The molecule has 0 amide bonds. The topological polar surface area (TPSA) is 50.1 Å². The first-order chi connectivity index (χ1) is 16.2. The van der Waals surface area contributed by atoms with Gasteiger partial charge in [-0.25, -0.2) is 4.39 Å². The molecule has 4 aromatic carbocycles. The maximum atomic E-state index is 14.0. The number of carbonyl (C=O) groups excluding carboxylic acids is 1. The number of ether oxygens (including phenoxy) is 1. The van der Waals surface area contributed by atoms with Crippen LogP contribution in [0.25, 0.3) is 11.6 Å². The van der Waals surface area contributed by atoms with Crippen molar-refractivity contribution in [1.29, 1.82) is 5.26 Å². The summed E-state index contributed by atoms with van der Waals surface area (Å²) < 4.78 is 19.7. The number of benzene rings is 4. The number of hydrogen-bond donors (Lipinski definition) is 0. The van der Waals surface area contributed by atoms with Gasteiger partial charge < -0.3 is 4.74 Å². The van der Waals surface area contributed by atoms with Crippen LogP contribution in [-0.4, -0.2) is 5.97 Å². The lowest BCUT2D eigenvalue weighted by atomic mass is 9.91. The summed E-state index contributed by atoms with van der Waals surface area (Å²) in [6.45, 7) is 0. The normalized spacial score (nSPS) is 11.1. The van der Waals surface area contributed by atoms with Crippen LogP contribution in [0, 0.1) is 17.1 Å². The lowest BCUT2D eigenvalue weighted by Gasteiger charge is -2.17. The molecule has 4 rings (SSSR count).